The molecule has 1 saturated heterocycles. The molecule has 1 fully saturated rings. The van der Waals surface area contributed by atoms with Crippen molar-refractivity contribution in [3.05, 3.63) is 16.7 Å². The van der Waals surface area contributed by atoms with E-state index < -0.39 is 62.3 Å². The molecule has 1 amide bonds. The van der Waals surface area contributed by atoms with Crippen LogP contribution in [0.25, 0.3) is 11.2 Å². The van der Waals surface area contributed by atoms with Gasteiger partial charge in [-0.15, -0.1) is 0 Å². The lowest BCUT2D eigenvalue weighted by atomic mass is 10.1. The van der Waals surface area contributed by atoms with E-state index in [1.165, 1.54) is 4.57 Å². The van der Waals surface area contributed by atoms with Gasteiger partial charge in [-0.1, -0.05) is 13.8 Å². The van der Waals surface area contributed by atoms with E-state index in [9.17, 15) is 24.1 Å². The predicted molar refractivity (Wildman–Crippen MR) is 105 cm³/mol. The summed E-state index contributed by atoms with van der Waals surface area (Å²) in [4.78, 5) is 64.2. The van der Waals surface area contributed by atoms with Gasteiger partial charge in [-0.3, -0.25) is 33.8 Å². The Balaban J connectivity index is 1.99. The monoisotopic (exact) mass is 475 g/mol. The Labute approximate surface area is 180 Å². The third-order valence-corrected chi connectivity index (χ3v) is 4.98. The highest BCUT2D eigenvalue weighted by molar-refractivity contribution is 7.46. The first-order valence-electron chi connectivity index (χ1n) is 9.36. The summed E-state index contributed by atoms with van der Waals surface area (Å²) in [6, 6.07) is 0. The van der Waals surface area contributed by atoms with Gasteiger partial charge in [0.05, 0.1) is 12.9 Å². The topological polar surface area (TPSA) is 215 Å². The van der Waals surface area contributed by atoms with Crippen LogP contribution >= 0.6 is 7.82 Å². The molecule has 3 rings (SSSR count). The number of anilines is 1. The maximum Gasteiger partial charge on any atom is 0.469 e. The number of carbonyl (C=O) groups is 2. The standard InChI is InChI=1S/C16H22N5O10P/c1-6(2)13(24)19-16-18-12-9(14(25)20-16)17-5-21(12)15-11(30-7(3)22)10(23)8(31-15)4-29-32(26,27)28/h5-6,8,10-11,15,23H,4H2,1-3H3,(H2,26,27,28)(H2,18,19,20,24,25). The van der Waals surface area contributed by atoms with Gasteiger partial charge in [0, 0.05) is 12.8 Å². The van der Waals surface area contributed by atoms with Crippen molar-refractivity contribution in [1.82, 2.24) is 19.5 Å². The summed E-state index contributed by atoms with van der Waals surface area (Å²) in [7, 11) is -4.86. The quantitative estimate of drug-likeness (QED) is 0.241. The van der Waals surface area contributed by atoms with Crippen LogP contribution in [0.1, 0.15) is 27.0 Å². The van der Waals surface area contributed by atoms with Gasteiger partial charge in [0.1, 0.15) is 12.2 Å². The second-order valence-electron chi connectivity index (χ2n) is 7.30. The fourth-order valence-electron chi connectivity index (χ4n) is 3.00. The maximum absolute atomic E-state index is 12.4. The minimum absolute atomic E-state index is 0.0567. The van der Waals surface area contributed by atoms with E-state index in [2.05, 4.69) is 24.8 Å². The molecule has 15 nitrogen and oxygen atoms in total. The summed E-state index contributed by atoms with van der Waals surface area (Å²) in [6.07, 6.45) is -4.29. The first-order valence-corrected chi connectivity index (χ1v) is 10.9. The molecule has 1 aliphatic rings. The highest BCUT2D eigenvalue weighted by Crippen LogP contribution is 2.39. The number of fused-ring (bicyclic) bond motifs is 1. The molecule has 32 heavy (non-hydrogen) atoms. The van der Waals surface area contributed by atoms with Gasteiger partial charge in [0.25, 0.3) is 5.56 Å². The first-order chi connectivity index (χ1) is 14.9. The second kappa shape index (κ2) is 9.05. The highest BCUT2D eigenvalue weighted by Gasteiger charge is 2.48. The number of aliphatic hydroxyl groups excluding tert-OH is 1. The van der Waals surface area contributed by atoms with Crippen LogP contribution in [0.2, 0.25) is 0 Å². The summed E-state index contributed by atoms with van der Waals surface area (Å²) in [5.74, 6) is -1.72. The number of aromatic nitrogens is 4. The molecule has 16 heteroatoms. The van der Waals surface area contributed by atoms with Crippen molar-refractivity contribution in [3.8, 4) is 0 Å². The third kappa shape index (κ3) is 5.20. The van der Waals surface area contributed by atoms with Gasteiger partial charge in [-0.25, -0.2) is 9.55 Å². The molecule has 0 radical (unpaired) electrons. The van der Waals surface area contributed by atoms with E-state index in [1.54, 1.807) is 13.8 Å². The highest BCUT2D eigenvalue weighted by atomic mass is 31.2. The molecule has 176 valence electrons. The number of esters is 1. The molecule has 2 aromatic heterocycles. The van der Waals surface area contributed by atoms with Crippen LogP contribution in [0.15, 0.2) is 11.1 Å². The smallest absolute Gasteiger partial charge is 0.455 e. The number of H-pyrrole nitrogens is 1. The molecular weight excluding hydrogens is 453 g/mol. The van der Waals surface area contributed by atoms with Gasteiger partial charge in [-0.05, 0) is 0 Å². The molecular formula is C16H22N5O10P. The fraction of sp³-hybridized carbons (Fsp3) is 0.562. The van der Waals surface area contributed by atoms with Crippen molar-refractivity contribution in [1.29, 1.82) is 0 Å². The largest absolute Gasteiger partial charge is 0.469 e. The second-order valence-corrected chi connectivity index (χ2v) is 8.54. The SMILES string of the molecule is CC(=O)OC1C(O)C(COP(=O)(O)O)OC1n1cnc2c(=O)[nH]c(NC(=O)C(C)C)nc21. The van der Waals surface area contributed by atoms with Crippen molar-refractivity contribution >= 4 is 36.8 Å². The molecule has 2 aromatic rings. The zero-order chi connectivity index (χ0) is 23.8. The van der Waals surface area contributed by atoms with Crippen LogP contribution < -0.4 is 10.9 Å². The predicted octanol–water partition coefficient (Wildman–Crippen LogP) is -0.987. The summed E-state index contributed by atoms with van der Waals surface area (Å²) < 4.78 is 27.3. The molecule has 1 aliphatic heterocycles. The zero-order valence-corrected chi connectivity index (χ0v) is 18.1. The van der Waals surface area contributed by atoms with E-state index in [-0.39, 0.29) is 17.1 Å². The van der Waals surface area contributed by atoms with Crippen molar-refractivity contribution in [2.45, 2.75) is 45.3 Å². The Morgan fingerprint density at radius 1 is 1.41 bits per heavy atom. The molecule has 4 unspecified atom stereocenters. The third-order valence-electron chi connectivity index (χ3n) is 4.49. The lowest BCUT2D eigenvalue weighted by Crippen LogP contribution is -2.36. The van der Waals surface area contributed by atoms with Crippen molar-refractivity contribution < 1.29 is 43.0 Å². The fourth-order valence-corrected chi connectivity index (χ4v) is 3.34. The number of hydrogen-bond donors (Lipinski definition) is 5. The molecule has 4 atom stereocenters. The van der Waals surface area contributed by atoms with Crippen LogP contribution in [0.5, 0.6) is 0 Å². The van der Waals surface area contributed by atoms with E-state index in [1.807, 2.05) is 0 Å². The maximum atomic E-state index is 12.4. The lowest BCUT2D eigenvalue weighted by Gasteiger charge is -2.21. The summed E-state index contributed by atoms with van der Waals surface area (Å²) in [5.41, 5.74) is -0.849. The lowest BCUT2D eigenvalue weighted by molar-refractivity contribution is -0.155. The Kier molecular flexibility index (Phi) is 6.78. The van der Waals surface area contributed by atoms with Crippen molar-refractivity contribution in [2.75, 3.05) is 11.9 Å². The number of ether oxygens (including phenoxy) is 2. The number of nitrogens with one attached hydrogen (secondary N) is 2. The number of imidazole rings is 1. The first kappa shape index (κ1) is 24.0. The number of carbonyl (C=O) groups excluding carboxylic acids is 2. The van der Waals surface area contributed by atoms with Crippen molar-refractivity contribution in [3.63, 3.8) is 0 Å². The number of rotatable bonds is 7. The van der Waals surface area contributed by atoms with Gasteiger partial charge in [-0.2, -0.15) is 4.98 Å². The zero-order valence-electron chi connectivity index (χ0n) is 17.2. The van der Waals surface area contributed by atoms with Crippen LogP contribution in [-0.4, -0.2) is 71.2 Å². The van der Waals surface area contributed by atoms with Gasteiger partial charge in [0.2, 0.25) is 11.9 Å². The normalized spacial score (nSPS) is 23.6. The van der Waals surface area contributed by atoms with E-state index in [4.69, 9.17) is 19.3 Å². The molecule has 5 N–H and O–H groups in total. The number of aromatic amines is 1. The van der Waals surface area contributed by atoms with E-state index in [0.717, 1.165) is 13.3 Å². The van der Waals surface area contributed by atoms with Crippen LogP contribution in [0.4, 0.5) is 5.95 Å². The van der Waals surface area contributed by atoms with Gasteiger partial charge in [0.15, 0.2) is 23.5 Å². The number of hydrogen-bond acceptors (Lipinski definition) is 10. The Morgan fingerprint density at radius 2 is 2.09 bits per heavy atom. The molecule has 3 heterocycles. The Morgan fingerprint density at radius 3 is 2.69 bits per heavy atom. The minimum Gasteiger partial charge on any atom is -0.455 e. The number of amides is 1. The van der Waals surface area contributed by atoms with Crippen molar-refractivity contribution in [2.24, 2.45) is 5.92 Å². The van der Waals surface area contributed by atoms with Gasteiger partial charge < -0.3 is 24.4 Å². The molecule has 0 saturated carbocycles. The van der Waals surface area contributed by atoms with E-state index >= 15 is 0 Å². The average molecular weight is 475 g/mol. The van der Waals surface area contributed by atoms with E-state index in [0.29, 0.717) is 0 Å². The minimum atomic E-state index is -4.86. The molecule has 0 aliphatic carbocycles. The van der Waals surface area contributed by atoms with Gasteiger partial charge >= 0.3 is 13.8 Å². The van der Waals surface area contributed by atoms with Crippen LogP contribution in [0, 0.1) is 5.92 Å². The Bertz CT molecular complexity index is 1120. The number of nitrogens with zero attached hydrogens (tertiary/aromatic N) is 3. The Hall–Kier alpha value is -2.68. The molecule has 0 bridgehead atoms. The average Bonchev–Trinajstić information content (AvgIpc) is 3.21. The molecule has 0 aromatic carbocycles. The number of phosphoric ester groups is 1. The molecule has 0 spiro atoms. The summed E-state index contributed by atoms with van der Waals surface area (Å²) >= 11 is 0. The summed E-state index contributed by atoms with van der Waals surface area (Å²) in [5, 5.41) is 13.0. The van der Waals surface area contributed by atoms with Crippen LogP contribution in [-0.2, 0) is 28.2 Å². The summed E-state index contributed by atoms with van der Waals surface area (Å²) in [6.45, 7) is 3.68. The van der Waals surface area contributed by atoms with Crippen LogP contribution in [0.3, 0.4) is 0 Å². The number of phosphoric acid groups is 1. The number of aliphatic hydroxyl groups is 1.